The van der Waals surface area contributed by atoms with Gasteiger partial charge in [0.15, 0.2) is 0 Å². The molecule has 3 aromatic carbocycles. The highest BCUT2D eigenvalue weighted by atomic mass is 16.3. The quantitative estimate of drug-likeness (QED) is 0.284. The van der Waals surface area contributed by atoms with E-state index < -0.39 is 0 Å². The van der Waals surface area contributed by atoms with Crippen LogP contribution in [0.4, 0.5) is 0 Å². The van der Waals surface area contributed by atoms with Crippen molar-refractivity contribution in [3.63, 3.8) is 0 Å². The highest BCUT2D eigenvalue weighted by molar-refractivity contribution is 6.07. The Kier molecular flexibility index (Phi) is 5.22. The van der Waals surface area contributed by atoms with Crippen LogP contribution in [0.5, 0.6) is 0 Å². The normalized spacial score (nSPS) is 15.8. The van der Waals surface area contributed by atoms with Crippen LogP contribution in [-0.2, 0) is 0 Å². The van der Waals surface area contributed by atoms with E-state index in [0.29, 0.717) is 5.92 Å². The van der Waals surface area contributed by atoms with Crippen molar-refractivity contribution in [2.45, 2.75) is 44.9 Å². The van der Waals surface area contributed by atoms with Crippen LogP contribution in [0.2, 0.25) is 0 Å². The number of fused-ring (bicyclic) bond motifs is 3. The zero-order chi connectivity index (χ0) is 22.2. The lowest BCUT2D eigenvalue weighted by molar-refractivity contribution is 0.316. The second-order valence-electron chi connectivity index (χ2n) is 9.55. The predicted octanol–water partition coefficient (Wildman–Crippen LogP) is 9.00. The Hall–Kier alpha value is -3.39. The van der Waals surface area contributed by atoms with Gasteiger partial charge in [-0.3, -0.25) is 4.98 Å². The molecule has 0 spiro atoms. The van der Waals surface area contributed by atoms with E-state index in [-0.39, 0.29) is 0 Å². The van der Waals surface area contributed by atoms with Gasteiger partial charge in [-0.1, -0.05) is 62.6 Å². The van der Waals surface area contributed by atoms with Crippen molar-refractivity contribution in [3.8, 4) is 22.4 Å². The van der Waals surface area contributed by atoms with Crippen LogP contribution in [0.25, 0.3) is 44.3 Å². The standard InChI is InChI=1S/C31H29NO/c1-21(22-8-4-2-5-9-22)24-16-17-32-29(19-24)26-13-15-30-28(18-26)27-14-12-25(20-31(27)33-30)23-10-6-3-7-11-23/h3,6-7,10-22H,2,4-5,8-9H2,1H3. The molecular formula is C31H29NO. The number of benzene rings is 3. The third kappa shape index (κ3) is 3.84. The molecule has 0 N–H and O–H groups in total. The lowest BCUT2D eigenvalue weighted by atomic mass is 9.78. The molecule has 1 unspecified atom stereocenters. The summed E-state index contributed by atoms with van der Waals surface area (Å²) < 4.78 is 6.23. The number of furan rings is 1. The molecule has 1 saturated carbocycles. The first kappa shape index (κ1) is 20.2. The second kappa shape index (κ2) is 8.51. The summed E-state index contributed by atoms with van der Waals surface area (Å²) in [5, 5.41) is 2.30. The fourth-order valence-corrected chi connectivity index (χ4v) is 5.54. The molecule has 0 amide bonds. The number of nitrogens with zero attached hydrogens (tertiary/aromatic N) is 1. The first-order valence-electron chi connectivity index (χ1n) is 12.2. The third-order valence-electron chi connectivity index (χ3n) is 7.54. The molecule has 5 aromatic rings. The van der Waals surface area contributed by atoms with E-state index in [1.54, 1.807) is 0 Å². The Morgan fingerprint density at radius 3 is 2.39 bits per heavy atom. The Morgan fingerprint density at radius 1 is 0.727 bits per heavy atom. The molecule has 2 nitrogen and oxygen atoms in total. The van der Waals surface area contributed by atoms with Gasteiger partial charge < -0.3 is 4.42 Å². The van der Waals surface area contributed by atoms with Gasteiger partial charge in [0.05, 0.1) is 5.69 Å². The third-order valence-corrected chi connectivity index (χ3v) is 7.54. The van der Waals surface area contributed by atoms with Crippen molar-refractivity contribution in [3.05, 3.63) is 90.6 Å². The maximum atomic E-state index is 6.23. The van der Waals surface area contributed by atoms with Gasteiger partial charge in [-0.25, -0.2) is 0 Å². The maximum absolute atomic E-state index is 6.23. The minimum atomic E-state index is 0.585. The van der Waals surface area contributed by atoms with Crippen LogP contribution in [-0.4, -0.2) is 4.98 Å². The van der Waals surface area contributed by atoms with Crippen LogP contribution >= 0.6 is 0 Å². The average molecular weight is 432 g/mol. The number of hydrogen-bond donors (Lipinski definition) is 0. The molecule has 1 aliphatic carbocycles. The lowest BCUT2D eigenvalue weighted by Crippen LogP contribution is -2.14. The molecule has 0 radical (unpaired) electrons. The van der Waals surface area contributed by atoms with Gasteiger partial charge in [-0.2, -0.15) is 0 Å². The van der Waals surface area contributed by atoms with Gasteiger partial charge in [0.25, 0.3) is 0 Å². The molecule has 0 bridgehead atoms. The van der Waals surface area contributed by atoms with Gasteiger partial charge in [-0.05, 0) is 83.8 Å². The van der Waals surface area contributed by atoms with Gasteiger partial charge in [0.1, 0.15) is 11.2 Å². The number of hydrogen-bond acceptors (Lipinski definition) is 2. The molecule has 33 heavy (non-hydrogen) atoms. The van der Waals surface area contributed by atoms with Gasteiger partial charge in [0, 0.05) is 22.5 Å². The van der Waals surface area contributed by atoms with Gasteiger partial charge in [0.2, 0.25) is 0 Å². The smallest absolute Gasteiger partial charge is 0.136 e. The number of rotatable bonds is 4. The van der Waals surface area contributed by atoms with E-state index in [4.69, 9.17) is 9.40 Å². The second-order valence-corrected chi connectivity index (χ2v) is 9.55. The molecule has 164 valence electrons. The first-order chi connectivity index (χ1) is 16.3. The topological polar surface area (TPSA) is 26.0 Å². The molecule has 2 heterocycles. The summed E-state index contributed by atoms with van der Waals surface area (Å²) in [7, 11) is 0. The zero-order valence-corrected chi connectivity index (χ0v) is 19.1. The van der Waals surface area contributed by atoms with Crippen LogP contribution in [0.1, 0.15) is 50.5 Å². The fraction of sp³-hybridized carbons (Fsp3) is 0.258. The van der Waals surface area contributed by atoms with Gasteiger partial charge >= 0.3 is 0 Å². The number of pyridine rings is 1. The summed E-state index contributed by atoms with van der Waals surface area (Å²) in [6.07, 6.45) is 8.85. The molecule has 1 fully saturated rings. The molecule has 0 aliphatic heterocycles. The Balaban J connectivity index is 1.36. The van der Waals surface area contributed by atoms with Crippen molar-refractivity contribution in [1.82, 2.24) is 4.98 Å². The van der Waals surface area contributed by atoms with Crippen molar-refractivity contribution in [2.75, 3.05) is 0 Å². The van der Waals surface area contributed by atoms with E-state index in [1.165, 1.54) is 48.8 Å². The highest BCUT2D eigenvalue weighted by Crippen LogP contribution is 2.38. The summed E-state index contributed by atoms with van der Waals surface area (Å²) in [6, 6.07) is 27.9. The molecule has 2 aromatic heterocycles. The monoisotopic (exact) mass is 431 g/mol. The summed E-state index contributed by atoms with van der Waals surface area (Å²) in [5.74, 6) is 1.38. The summed E-state index contributed by atoms with van der Waals surface area (Å²) >= 11 is 0. The fourth-order valence-electron chi connectivity index (χ4n) is 5.54. The molecular weight excluding hydrogens is 402 g/mol. The van der Waals surface area contributed by atoms with Crippen molar-refractivity contribution in [1.29, 1.82) is 0 Å². The largest absolute Gasteiger partial charge is 0.456 e. The van der Waals surface area contributed by atoms with E-state index in [2.05, 4.69) is 79.7 Å². The van der Waals surface area contributed by atoms with E-state index >= 15 is 0 Å². The van der Waals surface area contributed by atoms with E-state index in [0.717, 1.165) is 39.1 Å². The molecule has 2 heteroatoms. The van der Waals surface area contributed by atoms with Crippen LogP contribution < -0.4 is 0 Å². The molecule has 1 aliphatic rings. The van der Waals surface area contributed by atoms with Crippen molar-refractivity contribution in [2.24, 2.45) is 5.92 Å². The van der Waals surface area contributed by atoms with E-state index in [9.17, 15) is 0 Å². The maximum Gasteiger partial charge on any atom is 0.136 e. The molecule has 1 atom stereocenters. The minimum absolute atomic E-state index is 0.585. The Bertz CT molecular complexity index is 1410. The summed E-state index contributed by atoms with van der Waals surface area (Å²) in [4.78, 5) is 4.73. The van der Waals surface area contributed by atoms with Crippen LogP contribution in [0.3, 0.4) is 0 Å². The highest BCUT2D eigenvalue weighted by Gasteiger charge is 2.22. The van der Waals surface area contributed by atoms with Gasteiger partial charge in [-0.15, -0.1) is 0 Å². The summed E-state index contributed by atoms with van der Waals surface area (Å²) in [5.41, 5.74) is 7.84. The van der Waals surface area contributed by atoms with Crippen molar-refractivity contribution >= 4 is 21.9 Å². The first-order valence-corrected chi connectivity index (χ1v) is 12.2. The van der Waals surface area contributed by atoms with Crippen LogP contribution in [0.15, 0.2) is 89.5 Å². The zero-order valence-electron chi connectivity index (χ0n) is 19.1. The predicted molar refractivity (Wildman–Crippen MR) is 137 cm³/mol. The minimum Gasteiger partial charge on any atom is -0.456 e. The summed E-state index contributed by atoms with van der Waals surface area (Å²) in [6.45, 7) is 2.40. The van der Waals surface area contributed by atoms with Crippen molar-refractivity contribution < 1.29 is 4.42 Å². The Morgan fingerprint density at radius 2 is 1.55 bits per heavy atom. The lowest BCUT2D eigenvalue weighted by Gasteiger charge is -2.28. The average Bonchev–Trinajstić information content (AvgIpc) is 3.26. The van der Waals surface area contributed by atoms with Crippen LogP contribution in [0, 0.1) is 5.92 Å². The van der Waals surface area contributed by atoms with E-state index in [1.807, 2.05) is 12.3 Å². The Labute approximate surface area is 195 Å². The number of aromatic nitrogens is 1. The SMILES string of the molecule is CC(c1ccnc(-c2ccc3oc4cc(-c5ccccc5)ccc4c3c2)c1)C1CCCCC1. The molecule has 6 rings (SSSR count). The molecule has 0 saturated heterocycles.